The van der Waals surface area contributed by atoms with Crippen LogP contribution in [0, 0.1) is 13.8 Å². The first-order valence-corrected chi connectivity index (χ1v) is 7.09. The average molecular weight is 274 g/mol. The molecule has 0 saturated heterocycles. The molecule has 3 nitrogen and oxygen atoms in total. The summed E-state index contributed by atoms with van der Waals surface area (Å²) in [6.07, 6.45) is 0.892. The number of benzene rings is 1. The number of nitrogens with one attached hydrogen (secondary N) is 1. The summed E-state index contributed by atoms with van der Waals surface area (Å²) in [5, 5.41) is 2.88. The maximum Gasteiger partial charge on any atom is 0.265 e. The highest BCUT2D eigenvalue weighted by Crippen LogP contribution is 2.23. The Morgan fingerprint density at radius 2 is 2.05 bits per heavy atom. The van der Waals surface area contributed by atoms with Crippen LogP contribution in [-0.4, -0.2) is 5.91 Å². The SMILES string of the molecule is CCc1ccc(NC(=O)c2cc(C)c(C)s2)cc1N. The van der Waals surface area contributed by atoms with Crippen molar-refractivity contribution in [3.05, 3.63) is 45.1 Å². The number of hydrogen-bond acceptors (Lipinski definition) is 3. The maximum atomic E-state index is 12.1. The van der Waals surface area contributed by atoms with Crippen molar-refractivity contribution in [2.24, 2.45) is 0 Å². The molecule has 19 heavy (non-hydrogen) atoms. The lowest BCUT2D eigenvalue weighted by molar-refractivity contribution is 0.103. The van der Waals surface area contributed by atoms with Crippen molar-refractivity contribution in [3.8, 4) is 0 Å². The smallest absolute Gasteiger partial charge is 0.265 e. The van der Waals surface area contributed by atoms with Crippen LogP contribution in [0.5, 0.6) is 0 Å². The minimum absolute atomic E-state index is 0.0788. The van der Waals surface area contributed by atoms with Gasteiger partial charge >= 0.3 is 0 Å². The predicted molar refractivity (Wildman–Crippen MR) is 82.0 cm³/mol. The molecule has 0 radical (unpaired) electrons. The third-order valence-corrected chi connectivity index (χ3v) is 4.33. The fraction of sp³-hybridized carbons (Fsp3) is 0.267. The molecule has 0 aliphatic heterocycles. The van der Waals surface area contributed by atoms with E-state index in [4.69, 9.17) is 5.73 Å². The summed E-state index contributed by atoms with van der Waals surface area (Å²) in [6.45, 7) is 6.09. The van der Waals surface area contributed by atoms with Crippen LogP contribution in [-0.2, 0) is 6.42 Å². The first-order chi connectivity index (χ1) is 9.01. The van der Waals surface area contributed by atoms with Crippen LogP contribution in [0.2, 0.25) is 0 Å². The van der Waals surface area contributed by atoms with E-state index in [1.54, 1.807) is 0 Å². The minimum Gasteiger partial charge on any atom is -0.398 e. The number of thiophene rings is 1. The molecule has 4 heteroatoms. The highest BCUT2D eigenvalue weighted by Gasteiger charge is 2.11. The Kier molecular flexibility index (Phi) is 3.90. The summed E-state index contributed by atoms with van der Waals surface area (Å²) in [5.74, 6) is -0.0788. The summed E-state index contributed by atoms with van der Waals surface area (Å²) in [4.78, 5) is 14.0. The van der Waals surface area contributed by atoms with Crippen molar-refractivity contribution in [1.29, 1.82) is 0 Å². The van der Waals surface area contributed by atoms with Crippen LogP contribution in [0.4, 0.5) is 11.4 Å². The summed E-state index contributed by atoms with van der Waals surface area (Å²) in [6, 6.07) is 7.57. The molecular formula is C15H18N2OS. The number of aryl methyl sites for hydroxylation is 3. The maximum absolute atomic E-state index is 12.1. The van der Waals surface area contributed by atoms with Gasteiger partial charge in [0, 0.05) is 16.3 Å². The fourth-order valence-electron chi connectivity index (χ4n) is 1.87. The third kappa shape index (κ3) is 2.96. The van der Waals surface area contributed by atoms with Gasteiger partial charge in [0.25, 0.3) is 5.91 Å². The highest BCUT2D eigenvalue weighted by molar-refractivity contribution is 7.14. The van der Waals surface area contributed by atoms with E-state index < -0.39 is 0 Å². The lowest BCUT2D eigenvalue weighted by Crippen LogP contribution is -2.10. The molecule has 2 aromatic rings. The van der Waals surface area contributed by atoms with Crippen molar-refractivity contribution in [2.45, 2.75) is 27.2 Å². The molecule has 1 amide bonds. The summed E-state index contributed by atoms with van der Waals surface area (Å²) >= 11 is 1.51. The zero-order valence-corrected chi connectivity index (χ0v) is 12.2. The zero-order chi connectivity index (χ0) is 14.0. The van der Waals surface area contributed by atoms with Gasteiger partial charge in [-0.15, -0.1) is 11.3 Å². The Hall–Kier alpha value is -1.81. The van der Waals surface area contributed by atoms with E-state index in [-0.39, 0.29) is 5.91 Å². The Bertz CT molecular complexity index is 597. The number of anilines is 2. The molecule has 1 aromatic heterocycles. The molecule has 3 N–H and O–H groups in total. The molecule has 100 valence electrons. The monoisotopic (exact) mass is 274 g/mol. The van der Waals surface area contributed by atoms with Crippen molar-refractivity contribution < 1.29 is 4.79 Å². The minimum atomic E-state index is -0.0788. The normalized spacial score (nSPS) is 10.5. The second kappa shape index (κ2) is 5.45. The molecule has 0 fully saturated rings. The van der Waals surface area contributed by atoms with Gasteiger partial charge in [0.1, 0.15) is 0 Å². The van der Waals surface area contributed by atoms with Gasteiger partial charge < -0.3 is 11.1 Å². The third-order valence-electron chi connectivity index (χ3n) is 3.17. The van der Waals surface area contributed by atoms with Gasteiger partial charge in [-0.3, -0.25) is 4.79 Å². The van der Waals surface area contributed by atoms with Gasteiger partial charge in [0.2, 0.25) is 0 Å². The van der Waals surface area contributed by atoms with E-state index in [1.165, 1.54) is 16.2 Å². The fourth-order valence-corrected chi connectivity index (χ4v) is 2.80. The van der Waals surface area contributed by atoms with Gasteiger partial charge in [-0.25, -0.2) is 0 Å². The number of nitrogens with two attached hydrogens (primary N) is 1. The number of hydrogen-bond donors (Lipinski definition) is 2. The Balaban J connectivity index is 2.17. The van der Waals surface area contributed by atoms with Gasteiger partial charge in [-0.05, 0) is 49.6 Å². The van der Waals surface area contributed by atoms with Crippen molar-refractivity contribution in [1.82, 2.24) is 0 Å². The topological polar surface area (TPSA) is 55.1 Å². The van der Waals surface area contributed by atoms with E-state index in [0.717, 1.165) is 33.8 Å². The van der Waals surface area contributed by atoms with E-state index in [2.05, 4.69) is 12.2 Å². The Labute approximate surface area is 117 Å². The first kappa shape index (κ1) is 13.6. The second-order valence-electron chi connectivity index (χ2n) is 4.57. The van der Waals surface area contributed by atoms with E-state index in [1.807, 2.05) is 38.1 Å². The number of carbonyl (C=O) groups is 1. The quantitative estimate of drug-likeness (QED) is 0.837. The first-order valence-electron chi connectivity index (χ1n) is 6.28. The lowest BCUT2D eigenvalue weighted by atomic mass is 10.1. The van der Waals surface area contributed by atoms with Crippen LogP contribution in [0.3, 0.4) is 0 Å². The van der Waals surface area contributed by atoms with E-state index in [0.29, 0.717) is 0 Å². The zero-order valence-electron chi connectivity index (χ0n) is 11.4. The van der Waals surface area contributed by atoms with Crippen LogP contribution in [0.15, 0.2) is 24.3 Å². The molecule has 2 rings (SSSR count). The van der Waals surface area contributed by atoms with Crippen molar-refractivity contribution in [2.75, 3.05) is 11.1 Å². The number of nitrogen functional groups attached to an aromatic ring is 1. The molecule has 0 bridgehead atoms. The van der Waals surface area contributed by atoms with Crippen LogP contribution < -0.4 is 11.1 Å². The molecule has 0 unspecified atom stereocenters. The second-order valence-corrected chi connectivity index (χ2v) is 5.83. The van der Waals surface area contributed by atoms with Crippen molar-refractivity contribution >= 4 is 28.6 Å². The molecule has 1 heterocycles. The average Bonchev–Trinajstić information content (AvgIpc) is 2.70. The Morgan fingerprint density at radius 3 is 2.58 bits per heavy atom. The molecule has 0 aliphatic carbocycles. The molecular weight excluding hydrogens is 256 g/mol. The molecule has 0 atom stereocenters. The van der Waals surface area contributed by atoms with Crippen molar-refractivity contribution in [3.63, 3.8) is 0 Å². The summed E-state index contributed by atoms with van der Waals surface area (Å²) < 4.78 is 0. The van der Waals surface area contributed by atoms with Gasteiger partial charge in [0.05, 0.1) is 4.88 Å². The number of carbonyl (C=O) groups excluding carboxylic acids is 1. The van der Waals surface area contributed by atoms with Gasteiger partial charge in [-0.1, -0.05) is 13.0 Å². The van der Waals surface area contributed by atoms with Crippen LogP contribution in [0.25, 0.3) is 0 Å². The number of amides is 1. The predicted octanol–water partition coefficient (Wildman–Crippen LogP) is 3.76. The standard InChI is InChI=1S/C15H18N2OS/c1-4-11-5-6-12(8-13(11)16)17-15(18)14-7-9(2)10(3)19-14/h5-8H,4,16H2,1-3H3,(H,17,18). The Morgan fingerprint density at radius 1 is 1.32 bits per heavy atom. The summed E-state index contributed by atoms with van der Waals surface area (Å²) in [7, 11) is 0. The summed E-state index contributed by atoms with van der Waals surface area (Å²) in [5.41, 5.74) is 9.63. The van der Waals surface area contributed by atoms with Gasteiger partial charge in [0.15, 0.2) is 0 Å². The highest BCUT2D eigenvalue weighted by atomic mass is 32.1. The van der Waals surface area contributed by atoms with Crippen LogP contribution in [0.1, 0.15) is 32.6 Å². The molecule has 0 saturated carbocycles. The van der Waals surface area contributed by atoms with E-state index in [9.17, 15) is 4.79 Å². The molecule has 0 aliphatic rings. The van der Waals surface area contributed by atoms with Gasteiger partial charge in [-0.2, -0.15) is 0 Å². The number of rotatable bonds is 3. The van der Waals surface area contributed by atoms with E-state index >= 15 is 0 Å². The molecule has 1 aromatic carbocycles. The lowest BCUT2D eigenvalue weighted by Gasteiger charge is -2.07. The van der Waals surface area contributed by atoms with Crippen LogP contribution >= 0.6 is 11.3 Å². The largest absolute Gasteiger partial charge is 0.398 e. The molecule has 0 spiro atoms.